The lowest BCUT2D eigenvalue weighted by Gasteiger charge is -2.23. The van der Waals surface area contributed by atoms with Gasteiger partial charge < -0.3 is 5.73 Å². The number of nitrogens with two attached hydrogens (primary N) is 1. The normalized spacial score (nSPS) is 13.3. The lowest BCUT2D eigenvalue weighted by Crippen LogP contribution is -2.18. The zero-order valence-electron chi connectivity index (χ0n) is 9.62. The van der Waals surface area contributed by atoms with Crippen LogP contribution in [0.15, 0.2) is 24.3 Å². The summed E-state index contributed by atoms with van der Waals surface area (Å²) < 4.78 is 0. The molecule has 0 aliphatic carbocycles. The molecule has 0 bridgehead atoms. The fourth-order valence-electron chi connectivity index (χ4n) is 1.62. The number of nitrogens with zero attached hydrogens (tertiary/aromatic N) is 1. The second-order valence-corrected chi connectivity index (χ2v) is 5.11. The predicted octanol–water partition coefficient (Wildman–Crippen LogP) is 2.99. The van der Waals surface area contributed by atoms with Crippen molar-refractivity contribution in [2.75, 3.05) is 0 Å². The van der Waals surface area contributed by atoms with E-state index in [2.05, 4.69) is 26.8 Å². The van der Waals surface area contributed by atoms with Gasteiger partial charge in [0.15, 0.2) is 0 Å². The first-order valence-electron chi connectivity index (χ1n) is 5.18. The Balaban J connectivity index is 2.83. The highest BCUT2D eigenvalue weighted by Gasteiger charge is 2.16. The van der Waals surface area contributed by atoms with Gasteiger partial charge in [0, 0.05) is 6.04 Å². The smallest absolute Gasteiger partial charge is 0.0991 e. The maximum absolute atomic E-state index is 8.79. The van der Waals surface area contributed by atoms with Crippen molar-refractivity contribution in [2.45, 2.75) is 33.2 Å². The van der Waals surface area contributed by atoms with Crippen molar-refractivity contribution in [3.8, 4) is 6.07 Å². The molecule has 0 heterocycles. The Labute approximate surface area is 91.7 Å². The van der Waals surface area contributed by atoms with Crippen LogP contribution < -0.4 is 5.73 Å². The molecule has 0 aliphatic heterocycles. The molecular formula is C13H18N2. The van der Waals surface area contributed by atoms with Gasteiger partial charge in [-0.15, -0.1) is 0 Å². The molecule has 15 heavy (non-hydrogen) atoms. The maximum Gasteiger partial charge on any atom is 0.0991 e. The van der Waals surface area contributed by atoms with Gasteiger partial charge in [-0.1, -0.05) is 32.9 Å². The van der Waals surface area contributed by atoms with Gasteiger partial charge in [0.05, 0.1) is 11.6 Å². The third kappa shape index (κ3) is 3.73. The average molecular weight is 202 g/mol. The van der Waals surface area contributed by atoms with E-state index in [9.17, 15) is 0 Å². The fourth-order valence-corrected chi connectivity index (χ4v) is 1.62. The van der Waals surface area contributed by atoms with Crippen molar-refractivity contribution in [1.82, 2.24) is 0 Å². The van der Waals surface area contributed by atoms with Gasteiger partial charge in [0.2, 0.25) is 0 Å². The Morgan fingerprint density at radius 1 is 1.40 bits per heavy atom. The highest BCUT2D eigenvalue weighted by atomic mass is 14.6. The van der Waals surface area contributed by atoms with Gasteiger partial charge in [-0.3, -0.25) is 0 Å². The monoisotopic (exact) mass is 202 g/mol. The van der Waals surface area contributed by atoms with Crippen LogP contribution >= 0.6 is 0 Å². The number of nitriles is 1. The van der Waals surface area contributed by atoms with E-state index in [4.69, 9.17) is 11.0 Å². The number of rotatable bonds is 2. The quantitative estimate of drug-likeness (QED) is 0.801. The summed E-state index contributed by atoms with van der Waals surface area (Å²) in [6.07, 6.45) is 0.919. The van der Waals surface area contributed by atoms with Crippen molar-refractivity contribution in [3.63, 3.8) is 0 Å². The minimum atomic E-state index is 0.0123. The summed E-state index contributed by atoms with van der Waals surface area (Å²) >= 11 is 0. The summed E-state index contributed by atoms with van der Waals surface area (Å²) in [7, 11) is 0. The zero-order chi connectivity index (χ0) is 11.5. The molecule has 2 N–H and O–H groups in total. The Hall–Kier alpha value is -1.33. The highest BCUT2D eigenvalue weighted by Crippen LogP contribution is 2.27. The zero-order valence-corrected chi connectivity index (χ0v) is 9.62. The second-order valence-electron chi connectivity index (χ2n) is 5.11. The highest BCUT2D eigenvalue weighted by molar-refractivity contribution is 5.34. The van der Waals surface area contributed by atoms with E-state index in [0.717, 1.165) is 12.0 Å². The molecule has 0 radical (unpaired) electrons. The molecule has 1 aromatic rings. The molecule has 1 unspecified atom stereocenters. The van der Waals surface area contributed by atoms with E-state index < -0.39 is 0 Å². The third-order valence-electron chi connectivity index (χ3n) is 2.28. The fraction of sp³-hybridized carbons (Fsp3) is 0.462. The topological polar surface area (TPSA) is 49.8 Å². The Bertz CT molecular complexity index is 369. The SMILES string of the molecule is CC(C)(C)CC(N)c1cccc(C#N)c1. The Kier molecular flexibility index (Phi) is 3.49. The molecule has 2 heteroatoms. The summed E-state index contributed by atoms with van der Waals surface area (Å²) in [5.74, 6) is 0. The van der Waals surface area contributed by atoms with Gasteiger partial charge in [-0.25, -0.2) is 0 Å². The molecule has 0 amide bonds. The largest absolute Gasteiger partial charge is 0.324 e. The van der Waals surface area contributed by atoms with Gasteiger partial charge in [0.25, 0.3) is 0 Å². The van der Waals surface area contributed by atoms with Crippen molar-refractivity contribution >= 4 is 0 Å². The molecule has 1 aromatic carbocycles. The van der Waals surface area contributed by atoms with Crippen LogP contribution in [-0.2, 0) is 0 Å². The van der Waals surface area contributed by atoms with E-state index in [-0.39, 0.29) is 11.5 Å². The van der Waals surface area contributed by atoms with Gasteiger partial charge >= 0.3 is 0 Å². The van der Waals surface area contributed by atoms with Crippen LogP contribution in [0.5, 0.6) is 0 Å². The maximum atomic E-state index is 8.79. The van der Waals surface area contributed by atoms with Crippen molar-refractivity contribution in [3.05, 3.63) is 35.4 Å². The predicted molar refractivity (Wildman–Crippen MR) is 62.2 cm³/mol. The van der Waals surface area contributed by atoms with E-state index >= 15 is 0 Å². The van der Waals surface area contributed by atoms with Crippen LogP contribution in [0.3, 0.4) is 0 Å². The van der Waals surface area contributed by atoms with Crippen molar-refractivity contribution < 1.29 is 0 Å². The Morgan fingerprint density at radius 3 is 2.60 bits per heavy atom. The summed E-state index contributed by atoms with van der Waals surface area (Å²) in [6, 6.07) is 9.68. The molecule has 1 rings (SSSR count). The first-order valence-corrected chi connectivity index (χ1v) is 5.18. The number of hydrogen-bond acceptors (Lipinski definition) is 2. The van der Waals surface area contributed by atoms with Crippen LogP contribution in [0.25, 0.3) is 0 Å². The van der Waals surface area contributed by atoms with E-state index in [0.29, 0.717) is 5.56 Å². The van der Waals surface area contributed by atoms with Crippen LogP contribution in [0.2, 0.25) is 0 Å². The van der Waals surface area contributed by atoms with E-state index in [1.807, 2.05) is 18.2 Å². The third-order valence-corrected chi connectivity index (χ3v) is 2.28. The van der Waals surface area contributed by atoms with Crippen LogP contribution in [-0.4, -0.2) is 0 Å². The van der Waals surface area contributed by atoms with Crippen LogP contribution in [0.4, 0.5) is 0 Å². The summed E-state index contributed by atoms with van der Waals surface area (Å²) in [6.45, 7) is 6.50. The molecule has 0 saturated heterocycles. The lowest BCUT2D eigenvalue weighted by atomic mass is 9.85. The van der Waals surface area contributed by atoms with Crippen molar-refractivity contribution in [2.24, 2.45) is 11.1 Å². The average Bonchev–Trinajstić information content (AvgIpc) is 2.15. The molecule has 0 spiro atoms. The minimum Gasteiger partial charge on any atom is -0.324 e. The van der Waals surface area contributed by atoms with Crippen LogP contribution in [0, 0.1) is 16.7 Å². The number of hydrogen-bond donors (Lipinski definition) is 1. The number of benzene rings is 1. The summed E-state index contributed by atoms with van der Waals surface area (Å²) in [5.41, 5.74) is 8.03. The second kappa shape index (κ2) is 4.46. The molecule has 0 aliphatic rings. The van der Waals surface area contributed by atoms with E-state index in [1.165, 1.54) is 0 Å². The molecule has 0 fully saturated rings. The molecular weight excluding hydrogens is 184 g/mol. The molecule has 2 nitrogen and oxygen atoms in total. The molecule has 1 atom stereocenters. The van der Waals surface area contributed by atoms with E-state index in [1.54, 1.807) is 6.07 Å². The minimum absolute atomic E-state index is 0.0123. The summed E-state index contributed by atoms with van der Waals surface area (Å²) in [4.78, 5) is 0. The van der Waals surface area contributed by atoms with Gasteiger partial charge in [0.1, 0.15) is 0 Å². The van der Waals surface area contributed by atoms with Crippen LogP contribution in [0.1, 0.15) is 44.4 Å². The Morgan fingerprint density at radius 2 is 2.07 bits per heavy atom. The first kappa shape index (κ1) is 11.7. The molecule has 80 valence electrons. The molecule has 0 aromatic heterocycles. The lowest BCUT2D eigenvalue weighted by molar-refractivity contribution is 0.343. The van der Waals surface area contributed by atoms with Gasteiger partial charge in [-0.2, -0.15) is 5.26 Å². The summed E-state index contributed by atoms with van der Waals surface area (Å²) in [5, 5.41) is 8.79. The molecule has 0 saturated carbocycles. The van der Waals surface area contributed by atoms with Crippen molar-refractivity contribution in [1.29, 1.82) is 5.26 Å². The standard InChI is InChI=1S/C13H18N2/c1-13(2,3)8-12(15)11-6-4-5-10(7-11)9-14/h4-7,12H,8,15H2,1-3H3. The first-order chi connectivity index (χ1) is 6.92. The van der Waals surface area contributed by atoms with Gasteiger partial charge in [-0.05, 0) is 29.5 Å².